The lowest BCUT2D eigenvalue weighted by Crippen LogP contribution is -2.37. The van der Waals surface area contributed by atoms with Gasteiger partial charge in [0.15, 0.2) is 11.6 Å². The molecular formula is C25H29F6N5O2. The van der Waals surface area contributed by atoms with E-state index in [9.17, 15) is 22.0 Å². The summed E-state index contributed by atoms with van der Waals surface area (Å²) in [6.07, 6.45) is -2.16. The molecule has 1 saturated heterocycles. The number of rotatable bonds is 5. The summed E-state index contributed by atoms with van der Waals surface area (Å²) in [6, 6.07) is 3.57. The van der Waals surface area contributed by atoms with Gasteiger partial charge in [0.25, 0.3) is 0 Å². The predicted octanol–water partition coefficient (Wildman–Crippen LogP) is 4.88. The fourth-order valence-electron chi connectivity index (χ4n) is 4.57. The van der Waals surface area contributed by atoms with E-state index in [0.29, 0.717) is 32.0 Å². The number of fused-ring (bicyclic) bond motifs is 1. The molecule has 5 rings (SSSR count). The van der Waals surface area contributed by atoms with Crippen molar-refractivity contribution in [1.29, 1.82) is 0 Å². The Hall–Kier alpha value is -3.09. The maximum absolute atomic E-state index is 15.0. The topological polar surface area (TPSA) is 81.6 Å². The molecule has 1 aromatic heterocycles. The molecular weight excluding hydrogens is 516 g/mol. The highest BCUT2D eigenvalue weighted by Gasteiger charge is 2.38. The first-order valence-corrected chi connectivity index (χ1v) is 12.4. The van der Waals surface area contributed by atoms with E-state index in [-0.39, 0.29) is 11.5 Å². The Morgan fingerprint density at radius 1 is 1.08 bits per heavy atom. The van der Waals surface area contributed by atoms with Gasteiger partial charge in [0, 0.05) is 50.3 Å². The lowest BCUT2D eigenvalue weighted by atomic mass is 9.88. The summed E-state index contributed by atoms with van der Waals surface area (Å²) < 4.78 is 74.0. The molecule has 1 aromatic carbocycles. The molecule has 2 N–H and O–H groups in total. The van der Waals surface area contributed by atoms with Crippen LogP contribution in [0.2, 0.25) is 0 Å². The van der Waals surface area contributed by atoms with E-state index in [0.717, 1.165) is 67.5 Å². The van der Waals surface area contributed by atoms with Crippen LogP contribution < -0.4 is 10.2 Å². The summed E-state index contributed by atoms with van der Waals surface area (Å²) in [5.41, 5.74) is 2.03. The van der Waals surface area contributed by atoms with Crippen molar-refractivity contribution in [3.05, 3.63) is 46.8 Å². The highest BCUT2D eigenvalue weighted by Crippen LogP contribution is 2.38. The van der Waals surface area contributed by atoms with E-state index >= 15 is 4.39 Å². The lowest BCUT2D eigenvalue weighted by molar-refractivity contribution is -0.192. The summed E-state index contributed by atoms with van der Waals surface area (Å²) in [7, 11) is 2.09. The number of likely N-dealkylation sites (N-methyl/N-ethyl adjacent to an activating group) is 1. The van der Waals surface area contributed by atoms with Crippen LogP contribution in [0.25, 0.3) is 0 Å². The second-order valence-corrected chi connectivity index (χ2v) is 9.89. The van der Waals surface area contributed by atoms with E-state index < -0.39 is 30.0 Å². The Labute approximate surface area is 215 Å². The van der Waals surface area contributed by atoms with Crippen molar-refractivity contribution in [2.24, 2.45) is 5.92 Å². The molecule has 1 aliphatic carbocycles. The molecule has 0 amide bonds. The van der Waals surface area contributed by atoms with E-state index in [4.69, 9.17) is 19.9 Å². The van der Waals surface area contributed by atoms with Crippen LogP contribution in [-0.4, -0.2) is 64.8 Å². The minimum Gasteiger partial charge on any atom is -0.475 e. The van der Waals surface area contributed by atoms with Crippen molar-refractivity contribution in [3.8, 4) is 0 Å². The number of carbonyl (C=O) groups is 1. The van der Waals surface area contributed by atoms with Gasteiger partial charge in [-0.3, -0.25) is 0 Å². The molecule has 2 aliphatic heterocycles. The van der Waals surface area contributed by atoms with Crippen LogP contribution in [-0.2, 0) is 17.8 Å². The number of aromatic nitrogens is 2. The van der Waals surface area contributed by atoms with Gasteiger partial charge >= 0.3 is 12.1 Å². The fraction of sp³-hybridized carbons (Fsp3) is 0.560. The number of halogens is 6. The number of benzene rings is 1. The maximum atomic E-state index is 15.0. The van der Waals surface area contributed by atoms with Crippen molar-refractivity contribution < 1.29 is 36.2 Å². The summed E-state index contributed by atoms with van der Waals surface area (Å²) in [6.45, 7) is 3.03. The number of anilines is 2. The molecule has 3 aliphatic rings. The fourth-order valence-corrected chi connectivity index (χ4v) is 4.57. The zero-order chi connectivity index (χ0) is 27.6. The van der Waals surface area contributed by atoms with E-state index in [2.05, 4.69) is 22.2 Å². The predicted molar refractivity (Wildman–Crippen MR) is 128 cm³/mol. The number of piperidine rings is 1. The number of hydrogen-bond donors (Lipinski definition) is 2. The third-order valence-corrected chi connectivity index (χ3v) is 6.86. The van der Waals surface area contributed by atoms with Gasteiger partial charge in [0.2, 0.25) is 0 Å². The van der Waals surface area contributed by atoms with Crippen LogP contribution in [0.5, 0.6) is 0 Å². The molecule has 1 atom stereocenters. The maximum Gasteiger partial charge on any atom is 0.490 e. The highest BCUT2D eigenvalue weighted by molar-refractivity contribution is 5.73. The van der Waals surface area contributed by atoms with Crippen LogP contribution in [0.4, 0.5) is 38.0 Å². The first kappa shape index (κ1) is 27.9. The largest absolute Gasteiger partial charge is 0.490 e. The summed E-state index contributed by atoms with van der Waals surface area (Å²) >= 11 is 0. The van der Waals surface area contributed by atoms with Crippen LogP contribution >= 0.6 is 0 Å². The number of nitrogens with one attached hydrogen (secondary N) is 1. The lowest BCUT2D eigenvalue weighted by Gasteiger charge is -2.36. The quantitative estimate of drug-likeness (QED) is 0.519. The molecule has 2 aromatic rings. The van der Waals surface area contributed by atoms with E-state index in [1.54, 1.807) is 0 Å². The van der Waals surface area contributed by atoms with E-state index in [1.165, 1.54) is 6.07 Å². The molecule has 0 radical (unpaired) electrons. The third kappa shape index (κ3) is 6.86. The number of carboxylic acids is 1. The second kappa shape index (κ2) is 11.3. The monoisotopic (exact) mass is 545 g/mol. The van der Waals surface area contributed by atoms with Crippen molar-refractivity contribution in [1.82, 2.24) is 14.9 Å². The molecule has 38 heavy (non-hydrogen) atoms. The van der Waals surface area contributed by atoms with E-state index in [1.807, 2.05) is 0 Å². The Bertz CT molecular complexity index is 1150. The van der Waals surface area contributed by atoms with Gasteiger partial charge in [-0.2, -0.15) is 13.2 Å². The van der Waals surface area contributed by atoms with Crippen LogP contribution in [0, 0.1) is 17.6 Å². The summed E-state index contributed by atoms with van der Waals surface area (Å²) in [5, 5.41) is 10.7. The first-order valence-electron chi connectivity index (χ1n) is 12.4. The van der Waals surface area contributed by atoms with Crippen LogP contribution in [0.1, 0.15) is 48.8 Å². The van der Waals surface area contributed by atoms with Crippen molar-refractivity contribution in [2.45, 2.75) is 57.0 Å². The minimum atomic E-state index is -5.08. The SMILES string of the molecule is CN1CCc2nc(NC3CC3)c(N3CCC(C(F)c4ccc(F)cc4F)CC3)nc2C1.O=C(O)C(F)(F)F. The molecule has 13 heteroatoms. The van der Waals surface area contributed by atoms with Crippen molar-refractivity contribution in [2.75, 3.05) is 36.9 Å². The Kier molecular flexibility index (Phi) is 8.34. The number of aliphatic carboxylic acids is 1. The van der Waals surface area contributed by atoms with Gasteiger partial charge in [-0.25, -0.2) is 27.9 Å². The van der Waals surface area contributed by atoms with Crippen LogP contribution in [0.3, 0.4) is 0 Å². The molecule has 7 nitrogen and oxygen atoms in total. The molecule has 208 valence electrons. The Morgan fingerprint density at radius 2 is 1.74 bits per heavy atom. The Balaban J connectivity index is 0.000000426. The zero-order valence-corrected chi connectivity index (χ0v) is 20.7. The van der Waals surface area contributed by atoms with Gasteiger partial charge in [0.1, 0.15) is 17.8 Å². The average molecular weight is 546 g/mol. The zero-order valence-electron chi connectivity index (χ0n) is 20.7. The smallest absolute Gasteiger partial charge is 0.475 e. The van der Waals surface area contributed by atoms with Gasteiger partial charge in [0.05, 0.1) is 11.4 Å². The standard InChI is InChI=1S/C23H28F3N5.C2HF3O2/c1-30-9-8-19-20(13-30)29-23(22(28-19)27-16-3-4-16)31-10-6-14(7-11-31)21(26)17-5-2-15(24)12-18(17)25;3-2(4,5)1(6)7/h2,5,12,14,16,21H,3-4,6-11,13H2,1H3,(H,27,28);(H,6,7). The first-order chi connectivity index (χ1) is 17.9. The molecule has 0 spiro atoms. The number of carboxylic acid groups (broad SMARTS) is 1. The van der Waals surface area contributed by atoms with Gasteiger partial charge in [-0.05, 0) is 44.7 Å². The minimum absolute atomic E-state index is 0.0486. The molecule has 1 saturated carbocycles. The molecule has 2 fully saturated rings. The second-order valence-electron chi connectivity index (χ2n) is 9.89. The van der Waals surface area contributed by atoms with Gasteiger partial charge in [-0.1, -0.05) is 6.07 Å². The van der Waals surface area contributed by atoms with Crippen molar-refractivity contribution >= 4 is 17.6 Å². The molecule has 1 unspecified atom stereocenters. The molecule has 0 bridgehead atoms. The normalized spacial score (nSPS) is 19.3. The number of hydrogen-bond acceptors (Lipinski definition) is 6. The number of nitrogens with zero attached hydrogens (tertiary/aromatic N) is 4. The van der Waals surface area contributed by atoms with Gasteiger partial charge in [-0.15, -0.1) is 0 Å². The Morgan fingerprint density at radius 3 is 2.32 bits per heavy atom. The highest BCUT2D eigenvalue weighted by atomic mass is 19.4. The summed E-state index contributed by atoms with van der Waals surface area (Å²) in [4.78, 5) is 23.2. The average Bonchev–Trinajstić information content (AvgIpc) is 3.67. The van der Waals surface area contributed by atoms with Gasteiger partial charge < -0.3 is 20.2 Å². The summed E-state index contributed by atoms with van der Waals surface area (Å²) in [5.74, 6) is -2.86. The third-order valence-electron chi connectivity index (χ3n) is 6.86. The van der Waals surface area contributed by atoms with Crippen LogP contribution in [0.15, 0.2) is 18.2 Å². The number of alkyl halides is 4. The molecule has 3 heterocycles. The van der Waals surface area contributed by atoms with Crippen molar-refractivity contribution in [3.63, 3.8) is 0 Å².